The number of fused-ring (bicyclic) bond motifs is 2. The topological polar surface area (TPSA) is 141 Å². The molecule has 2 saturated heterocycles. The van der Waals surface area contributed by atoms with Crippen LogP contribution < -0.4 is 29.9 Å². The summed E-state index contributed by atoms with van der Waals surface area (Å²) in [5.41, 5.74) is 0.969. The fourth-order valence-corrected chi connectivity index (χ4v) is 4.85. The number of carbonyl (C=O) groups is 2. The molecule has 12 heteroatoms. The summed E-state index contributed by atoms with van der Waals surface area (Å²) >= 11 is 0. The molecule has 12 nitrogen and oxygen atoms in total. The maximum absolute atomic E-state index is 13.2. The van der Waals surface area contributed by atoms with Crippen molar-refractivity contribution in [2.24, 2.45) is 0 Å². The zero-order chi connectivity index (χ0) is 29.4. The van der Waals surface area contributed by atoms with Gasteiger partial charge in [-0.2, -0.15) is 0 Å². The van der Waals surface area contributed by atoms with Crippen molar-refractivity contribution in [1.29, 1.82) is 0 Å². The number of nitrogens with one attached hydrogen (secondary N) is 1. The van der Waals surface area contributed by atoms with Crippen LogP contribution in [0.1, 0.15) is 10.4 Å². The molecular formula is C30H25NO11. The fraction of sp³-hybridized carbons (Fsp3) is 0.233. The molecule has 6 rings (SSSR count). The summed E-state index contributed by atoms with van der Waals surface area (Å²) in [5.74, 6) is 1.01. The molecule has 0 bridgehead atoms. The van der Waals surface area contributed by atoms with Crippen molar-refractivity contribution in [3.63, 3.8) is 0 Å². The molecule has 4 aromatic rings. The second kappa shape index (κ2) is 11.0. The van der Waals surface area contributed by atoms with Gasteiger partial charge in [-0.15, -0.1) is 0 Å². The van der Waals surface area contributed by atoms with Gasteiger partial charge in [-0.1, -0.05) is 12.1 Å². The van der Waals surface area contributed by atoms with Gasteiger partial charge in [0, 0.05) is 16.5 Å². The first kappa shape index (κ1) is 27.0. The minimum atomic E-state index is -0.940. The average Bonchev–Trinajstić information content (AvgIpc) is 3.56. The maximum atomic E-state index is 13.2. The van der Waals surface area contributed by atoms with Crippen LogP contribution in [0.25, 0.3) is 22.1 Å². The van der Waals surface area contributed by atoms with Crippen LogP contribution in [-0.4, -0.2) is 58.5 Å². The van der Waals surface area contributed by atoms with E-state index in [9.17, 15) is 14.4 Å². The average molecular weight is 576 g/mol. The van der Waals surface area contributed by atoms with Gasteiger partial charge in [-0.25, -0.2) is 9.59 Å². The molecule has 0 radical (unpaired) electrons. The normalized spacial score (nSPS) is 19.0. The highest BCUT2D eigenvalue weighted by molar-refractivity contribution is 6.06. The van der Waals surface area contributed by atoms with Crippen molar-refractivity contribution in [2.45, 2.75) is 18.5 Å². The molecule has 0 aliphatic carbocycles. The highest BCUT2D eigenvalue weighted by Gasteiger charge is 2.50. The highest BCUT2D eigenvalue weighted by Crippen LogP contribution is 2.39. The summed E-state index contributed by atoms with van der Waals surface area (Å²) < 4.78 is 43.4. The molecule has 0 saturated carbocycles. The Kier molecular flexibility index (Phi) is 7.05. The molecule has 1 N–H and O–H groups in total. The number of ether oxygens (including phenoxy) is 7. The van der Waals surface area contributed by atoms with E-state index in [4.69, 9.17) is 37.6 Å². The molecule has 1 amide bonds. The number of hydrogen-bond acceptors (Lipinski definition) is 11. The molecule has 2 aliphatic heterocycles. The van der Waals surface area contributed by atoms with Crippen LogP contribution >= 0.6 is 0 Å². The van der Waals surface area contributed by atoms with Crippen molar-refractivity contribution in [2.75, 3.05) is 33.3 Å². The van der Waals surface area contributed by atoms with Crippen LogP contribution in [0, 0.1) is 0 Å². The third-order valence-electron chi connectivity index (χ3n) is 6.90. The lowest BCUT2D eigenvalue weighted by molar-refractivity contribution is -0.0914. The summed E-state index contributed by atoms with van der Waals surface area (Å²) in [7, 11) is 4.50. The molecule has 216 valence electrons. The van der Waals surface area contributed by atoms with Crippen LogP contribution in [0.15, 0.2) is 69.9 Å². The van der Waals surface area contributed by atoms with E-state index in [1.807, 2.05) is 24.3 Å². The lowest BCUT2D eigenvalue weighted by Crippen LogP contribution is -2.32. The Morgan fingerprint density at radius 2 is 1.74 bits per heavy atom. The Hall–Kier alpha value is -5.23. The minimum absolute atomic E-state index is 0.0704. The van der Waals surface area contributed by atoms with E-state index in [2.05, 4.69) is 5.32 Å². The fourth-order valence-electron chi connectivity index (χ4n) is 4.85. The van der Waals surface area contributed by atoms with Crippen molar-refractivity contribution < 1.29 is 47.2 Å². The number of benzene rings is 3. The number of methoxy groups -OCH3 is 3. The zero-order valence-electron chi connectivity index (χ0n) is 22.7. The first-order chi connectivity index (χ1) is 20.4. The van der Waals surface area contributed by atoms with Crippen LogP contribution in [-0.2, 0) is 14.2 Å². The molecule has 0 spiro atoms. The molecule has 2 aliphatic rings. The van der Waals surface area contributed by atoms with Crippen molar-refractivity contribution in [3.8, 4) is 34.1 Å². The van der Waals surface area contributed by atoms with Crippen molar-refractivity contribution in [3.05, 3.63) is 76.6 Å². The summed E-state index contributed by atoms with van der Waals surface area (Å²) in [6.45, 7) is 0.115. The first-order valence-electron chi connectivity index (χ1n) is 12.8. The van der Waals surface area contributed by atoms with E-state index in [-0.39, 0.29) is 29.4 Å². The van der Waals surface area contributed by atoms with Gasteiger partial charge in [0.05, 0.1) is 27.9 Å². The Labute approximate surface area is 238 Å². The molecule has 42 heavy (non-hydrogen) atoms. The Morgan fingerprint density at radius 3 is 2.52 bits per heavy atom. The Morgan fingerprint density at radius 1 is 0.905 bits per heavy atom. The summed E-state index contributed by atoms with van der Waals surface area (Å²) in [4.78, 5) is 37.6. The summed E-state index contributed by atoms with van der Waals surface area (Å²) in [6.07, 6.45) is -3.05. The minimum Gasteiger partial charge on any atom is -0.497 e. The standard InChI is InChI=1S/C30H25NO11/c1-35-18-6-4-5-15(11-18)19-12-17(8-9-21(19)36-2)27(32)31-20-13-16-7-10-22(25(37-3)24(16)41-28(20)33)39-29-26-23(14-38-29)40-30(34)42-26/h4-13,23,26,29H,14H2,1-3H3,(H,31,32)/t23-,26-,29+/m1/s1. The van der Waals surface area contributed by atoms with Gasteiger partial charge < -0.3 is 42.9 Å². The van der Waals surface area contributed by atoms with Gasteiger partial charge in [0.25, 0.3) is 5.91 Å². The van der Waals surface area contributed by atoms with E-state index >= 15 is 0 Å². The van der Waals surface area contributed by atoms with Gasteiger partial charge in [-0.05, 0) is 54.1 Å². The van der Waals surface area contributed by atoms with Crippen LogP contribution in [0.3, 0.4) is 0 Å². The van der Waals surface area contributed by atoms with Crippen molar-refractivity contribution >= 4 is 28.7 Å². The molecule has 0 unspecified atom stereocenters. The quantitative estimate of drug-likeness (QED) is 0.236. The predicted molar refractivity (Wildman–Crippen MR) is 147 cm³/mol. The first-order valence-corrected chi connectivity index (χ1v) is 12.8. The van der Waals surface area contributed by atoms with Gasteiger partial charge in [0.15, 0.2) is 17.4 Å². The molecule has 3 aromatic carbocycles. The zero-order valence-corrected chi connectivity index (χ0v) is 22.7. The SMILES string of the molecule is COc1cccc(-c2cc(C(=O)Nc3cc4ccc(O[C@@H]5OC[C@H]6OC(=O)O[C@@H]56)c(OC)c4oc3=O)ccc2OC)c1. The van der Waals surface area contributed by atoms with E-state index < -0.39 is 36.2 Å². The molecule has 3 heterocycles. The van der Waals surface area contributed by atoms with Crippen molar-refractivity contribution in [1.82, 2.24) is 0 Å². The highest BCUT2D eigenvalue weighted by atomic mass is 16.8. The number of rotatable bonds is 8. The number of carbonyl (C=O) groups excluding carboxylic acids is 2. The van der Waals surface area contributed by atoms with Gasteiger partial charge in [-0.3, -0.25) is 4.79 Å². The molecular weight excluding hydrogens is 550 g/mol. The molecule has 2 fully saturated rings. The predicted octanol–water partition coefficient (Wildman–Crippen LogP) is 4.38. The van der Waals surface area contributed by atoms with Crippen LogP contribution in [0.4, 0.5) is 10.5 Å². The number of amides is 1. The van der Waals surface area contributed by atoms with Gasteiger partial charge >= 0.3 is 11.8 Å². The second-order valence-electron chi connectivity index (χ2n) is 9.37. The van der Waals surface area contributed by atoms with E-state index in [1.165, 1.54) is 13.2 Å². The second-order valence-corrected chi connectivity index (χ2v) is 9.37. The van der Waals surface area contributed by atoms with E-state index in [1.54, 1.807) is 44.6 Å². The third-order valence-corrected chi connectivity index (χ3v) is 6.90. The Bertz CT molecular complexity index is 1750. The smallest absolute Gasteiger partial charge is 0.497 e. The summed E-state index contributed by atoms with van der Waals surface area (Å²) in [6, 6.07) is 17.0. The third kappa shape index (κ3) is 4.92. The lowest BCUT2D eigenvalue weighted by atomic mass is 10.0. The van der Waals surface area contributed by atoms with Crippen LogP contribution in [0.2, 0.25) is 0 Å². The summed E-state index contributed by atoms with van der Waals surface area (Å²) in [5, 5.41) is 3.09. The largest absolute Gasteiger partial charge is 0.509 e. The number of hydrogen-bond donors (Lipinski definition) is 1. The van der Waals surface area contributed by atoms with E-state index in [0.29, 0.717) is 28.0 Å². The van der Waals surface area contributed by atoms with E-state index in [0.717, 1.165) is 5.56 Å². The monoisotopic (exact) mass is 575 g/mol. The Balaban J connectivity index is 1.27. The lowest BCUT2D eigenvalue weighted by Gasteiger charge is -2.19. The molecule has 3 atom stereocenters. The van der Waals surface area contributed by atoms with Crippen LogP contribution in [0.5, 0.6) is 23.0 Å². The van der Waals surface area contributed by atoms with Gasteiger partial charge in [0.2, 0.25) is 18.1 Å². The maximum Gasteiger partial charge on any atom is 0.509 e. The van der Waals surface area contributed by atoms with Gasteiger partial charge in [0.1, 0.15) is 17.2 Å². The molecule has 1 aromatic heterocycles. The number of anilines is 1.